The van der Waals surface area contributed by atoms with Crippen LogP contribution in [0.15, 0.2) is 29.2 Å². The second-order valence-corrected chi connectivity index (χ2v) is 5.99. The molecule has 0 saturated carbocycles. The SMILES string of the molecule is COc1cccc(S[C@@H](C)C(=O)NCC(C)C)c1. The van der Waals surface area contributed by atoms with Gasteiger partial charge in [-0.15, -0.1) is 11.8 Å². The number of rotatable bonds is 6. The molecule has 0 fully saturated rings. The molecular formula is C14H21NO2S. The van der Waals surface area contributed by atoms with E-state index in [4.69, 9.17) is 4.74 Å². The molecule has 0 radical (unpaired) electrons. The molecule has 0 aliphatic heterocycles. The highest BCUT2D eigenvalue weighted by molar-refractivity contribution is 8.00. The normalized spacial score (nSPS) is 12.3. The average Bonchev–Trinajstić information content (AvgIpc) is 2.36. The number of ether oxygens (including phenoxy) is 1. The predicted octanol–water partition coefficient (Wildman–Crippen LogP) is 2.95. The van der Waals surface area contributed by atoms with E-state index >= 15 is 0 Å². The van der Waals surface area contributed by atoms with Crippen molar-refractivity contribution in [2.45, 2.75) is 30.9 Å². The lowest BCUT2D eigenvalue weighted by atomic mass is 10.2. The second-order valence-electron chi connectivity index (χ2n) is 4.58. The van der Waals surface area contributed by atoms with E-state index in [1.54, 1.807) is 18.9 Å². The summed E-state index contributed by atoms with van der Waals surface area (Å²) in [6, 6.07) is 7.75. The number of amides is 1. The third-order valence-electron chi connectivity index (χ3n) is 2.41. The first-order valence-corrected chi connectivity index (χ1v) is 6.99. The molecule has 1 N–H and O–H groups in total. The zero-order valence-corrected chi connectivity index (χ0v) is 12.2. The van der Waals surface area contributed by atoms with Crippen LogP contribution in [0.3, 0.4) is 0 Å². The Balaban J connectivity index is 2.52. The Bertz CT molecular complexity index is 393. The molecule has 1 aromatic carbocycles. The monoisotopic (exact) mass is 267 g/mol. The molecule has 0 saturated heterocycles. The van der Waals surface area contributed by atoms with Gasteiger partial charge in [-0.2, -0.15) is 0 Å². The molecule has 0 aliphatic carbocycles. The Morgan fingerprint density at radius 3 is 2.72 bits per heavy atom. The summed E-state index contributed by atoms with van der Waals surface area (Å²) < 4.78 is 5.16. The van der Waals surface area contributed by atoms with Gasteiger partial charge in [0, 0.05) is 11.4 Å². The summed E-state index contributed by atoms with van der Waals surface area (Å²) in [6.07, 6.45) is 0. The average molecular weight is 267 g/mol. The van der Waals surface area contributed by atoms with Crippen molar-refractivity contribution in [3.63, 3.8) is 0 Å². The molecule has 1 aromatic rings. The molecule has 0 bridgehead atoms. The molecule has 0 aliphatic rings. The first-order valence-electron chi connectivity index (χ1n) is 6.11. The van der Waals surface area contributed by atoms with Crippen LogP contribution in [0, 0.1) is 5.92 Å². The highest BCUT2D eigenvalue weighted by Crippen LogP contribution is 2.26. The zero-order chi connectivity index (χ0) is 13.5. The van der Waals surface area contributed by atoms with Gasteiger partial charge < -0.3 is 10.1 Å². The van der Waals surface area contributed by atoms with Crippen molar-refractivity contribution in [3.05, 3.63) is 24.3 Å². The molecule has 1 rings (SSSR count). The van der Waals surface area contributed by atoms with Gasteiger partial charge in [0.2, 0.25) is 5.91 Å². The standard InChI is InChI=1S/C14H21NO2S/c1-10(2)9-15-14(16)11(3)18-13-7-5-6-12(8-13)17-4/h5-8,10-11H,9H2,1-4H3,(H,15,16)/t11-/m0/s1. The fourth-order valence-corrected chi connectivity index (χ4v) is 2.32. The van der Waals surface area contributed by atoms with Crippen molar-refractivity contribution < 1.29 is 9.53 Å². The van der Waals surface area contributed by atoms with Crippen molar-refractivity contribution in [2.75, 3.05) is 13.7 Å². The summed E-state index contributed by atoms with van der Waals surface area (Å²) in [5.74, 6) is 1.37. The van der Waals surface area contributed by atoms with Crippen LogP contribution in [-0.2, 0) is 4.79 Å². The van der Waals surface area contributed by atoms with E-state index in [1.807, 2.05) is 31.2 Å². The fraction of sp³-hybridized carbons (Fsp3) is 0.500. The largest absolute Gasteiger partial charge is 0.497 e. The van der Waals surface area contributed by atoms with Gasteiger partial charge in [0.15, 0.2) is 0 Å². The molecule has 4 heteroatoms. The summed E-state index contributed by atoms with van der Waals surface area (Å²) >= 11 is 1.54. The van der Waals surface area contributed by atoms with Crippen LogP contribution in [0.5, 0.6) is 5.75 Å². The van der Waals surface area contributed by atoms with E-state index in [2.05, 4.69) is 19.2 Å². The highest BCUT2D eigenvalue weighted by atomic mass is 32.2. The van der Waals surface area contributed by atoms with E-state index in [0.29, 0.717) is 5.92 Å². The number of carbonyl (C=O) groups excluding carboxylic acids is 1. The zero-order valence-electron chi connectivity index (χ0n) is 11.4. The minimum Gasteiger partial charge on any atom is -0.497 e. The molecule has 0 unspecified atom stereocenters. The number of hydrogen-bond acceptors (Lipinski definition) is 3. The summed E-state index contributed by atoms with van der Waals surface area (Å²) in [6.45, 7) is 6.81. The number of hydrogen-bond donors (Lipinski definition) is 1. The maximum absolute atomic E-state index is 11.8. The molecule has 1 atom stereocenters. The predicted molar refractivity (Wildman–Crippen MR) is 76.2 cm³/mol. The summed E-state index contributed by atoms with van der Waals surface area (Å²) in [5.41, 5.74) is 0. The third kappa shape index (κ3) is 5.00. The van der Waals surface area contributed by atoms with Crippen LogP contribution >= 0.6 is 11.8 Å². The maximum atomic E-state index is 11.8. The van der Waals surface area contributed by atoms with Crippen molar-refractivity contribution in [3.8, 4) is 5.75 Å². The van der Waals surface area contributed by atoms with E-state index in [1.165, 1.54) is 0 Å². The van der Waals surface area contributed by atoms with Gasteiger partial charge in [0.1, 0.15) is 5.75 Å². The number of carbonyl (C=O) groups is 1. The van der Waals surface area contributed by atoms with Gasteiger partial charge in [-0.05, 0) is 31.0 Å². The van der Waals surface area contributed by atoms with Gasteiger partial charge in [-0.3, -0.25) is 4.79 Å². The quantitative estimate of drug-likeness (QED) is 0.805. The van der Waals surface area contributed by atoms with Crippen LogP contribution in [0.4, 0.5) is 0 Å². The smallest absolute Gasteiger partial charge is 0.233 e. The van der Waals surface area contributed by atoms with E-state index in [-0.39, 0.29) is 11.2 Å². The van der Waals surface area contributed by atoms with Gasteiger partial charge in [-0.1, -0.05) is 19.9 Å². The summed E-state index contributed by atoms with van der Waals surface area (Å²) in [5, 5.41) is 2.84. The van der Waals surface area contributed by atoms with Crippen molar-refractivity contribution in [2.24, 2.45) is 5.92 Å². The molecule has 0 aromatic heterocycles. The van der Waals surface area contributed by atoms with Crippen LogP contribution < -0.4 is 10.1 Å². The first kappa shape index (κ1) is 14.9. The Kier molecular flexibility index (Phi) is 6.05. The molecule has 1 amide bonds. The Labute approximate surface area is 113 Å². The molecule has 3 nitrogen and oxygen atoms in total. The van der Waals surface area contributed by atoms with E-state index in [0.717, 1.165) is 17.2 Å². The number of thioether (sulfide) groups is 1. The Hall–Kier alpha value is -1.16. The van der Waals surface area contributed by atoms with Gasteiger partial charge >= 0.3 is 0 Å². The van der Waals surface area contributed by atoms with Crippen LogP contribution in [0.1, 0.15) is 20.8 Å². The van der Waals surface area contributed by atoms with E-state index < -0.39 is 0 Å². The lowest BCUT2D eigenvalue weighted by Crippen LogP contribution is -2.33. The molecule has 100 valence electrons. The number of methoxy groups -OCH3 is 1. The second kappa shape index (κ2) is 7.31. The van der Waals surface area contributed by atoms with Crippen molar-refractivity contribution >= 4 is 17.7 Å². The first-order chi connectivity index (χ1) is 8.52. The third-order valence-corrected chi connectivity index (χ3v) is 3.50. The molecule has 0 spiro atoms. The van der Waals surface area contributed by atoms with Gasteiger partial charge in [0.05, 0.1) is 12.4 Å². The summed E-state index contributed by atoms with van der Waals surface area (Å²) in [7, 11) is 1.64. The minimum absolute atomic E-state index is 0.0801. The van der Waals surface area contributed by atoms with Crippen molar-refractivity contribution in [1.29, 1.82) is 0 Å². The lowest BCUT2D eigenvalue weighted by molar-refractivity contribution is -0.120. The van der Waals surface area contributed by atoms with Crippen LogP contribution in [0.2, 0.25) is 0 Å². The number of nitrogens with one attached hydrogen (secondary N) is 1. The Morgan fingerprint density at radius 1 is 1.39 bits per heavy atom. The summed E-state index contributed by atoms with van der Waals surface area (Å²) in [4.78, 5) is 12.9. The topological polar surface area (TPSA) is 38.3 Å². The van der Waals surface area contributed by atoms with Gasteiger partial charge in [0.25, 0.3) is 0 Å². The molecular weight excluding hydrogens is 246 g/mol. The van der Waals surface area contributed by atoms with Crippen molar-refractivity contribution in [1.82, 2.24) is 5.32 Å². The minimum atomic E-state index is -0.101. The highest BCUT2D eigenvalue weighted by Gasteiger charge is 2.14. The fourth-order valence-electron chi connectivity index (χ4n) is 1.38. The maximum Gasteiger partial charge on any atom is 0.233 e. The van der Waals surface area contributed by atoms with Gasteiger partial charge in [-0.25, -0.2) is 0 Å². The lowest BCUT2D eigenvalue weighted by Gasteiger charge is -2.13. The number of benzene rings is 1. The molecule has 18 heavy (non-hydrogen) atoms. The van der Waals surface area contributed by atoms with Crippen LogP contribution in [-0.4, -0.2) is 24.8 Å². The Morgan fingerprint density at radius 2 is 2.11 bits per heavy atom. The van der Waals surface area contributed by atoms with Crippen LogP contribution in [0.25, 0.3) is 0 Å². The molecule has 0 heterocycles. The van der Waals surface area contributed by atoms with E-state index in [9.17, 15) is 4.79 Å².